The first-order valence-electron chi connectivity index (χ1n) is 9.75. The van der Waals surface area contributed by atoms with Crippen molar-refractivity contribution in [1.29, 1.82) is 0 Å². The molecule has 1 amide bonds. The second kappa shape index (κ2) is 6.09. The van der Waals surface area contributed by atoms with Gasteiger partial charge in [0.1, 0.15) is 5.76 Å². The molecule has 2 aliphatic carbocycles. The third-order valence-electron chi connectivity index (χ3n) is 6.45. The Labute approximate surface area is 148 Å². The number of hydrogen-bond acceptors (Lipinski definition) is 5. The number of nitrogens with zero attached hydrogens (tertiary/aromatic N) is 3. The predicted octanol–water partition coefficient (Wildman–Crippen LogP) is 2.12. The van der Waals surface area contributed by atoms with Gasteiger partial charge in [-0.2, -0.15) is 0 Å². The molecule has 6 heteroatoms. The van der Waals surface area contributed by atoms with Gasteiger partial charge >= 0.3 is 0 Å². The van der Waals surface area contributed by atoms with Gasteiger partial charge in [0.2, 0.25) is 0 Å². The zero-order valence-corrected chi connectivity index (χ0v) is 14.9. The number of carbonyl (C=O) groups excluding carboxylic acids is 1. The number of methoxy groups -OCH3 is 1. The maximum absolute atomic E-state index is 13.1. The van der Waals surface area contributed by atoms with E-state index in [1.54, 1.807) is 0 Å². The largest absolute Gasteiger partial charge is 0.381 e. The Morgan fingerprint density at radius 2 is 2.12 bits per heavy atom. The fraction of sp³-hybridized carbons (Fsp3) is 0.789. The summed E-state index contributed by atoms with van der Waals surface area (Å²) in [7, 11) is 1.81. The molecule has 0 spiro atoms. The fourth-order valence-corrected chi connectivity index (χ4v) is 4.69. The van der Waals surface area contributed by atoms with E-state index in [1.165, 1.54) is 19.4 Å². The lowest BCUT2D eigenvalue weighted by Gasteiger charge is -2.40. The summed E-state index contributed by atoms with van der Waals surface area (Å²) < 4.78 is 11.2. The molecule has 4 fully saturated rings. The summed E-state index contributed by atoms with van der Waals surface area (Å²) in [5.41, 5.74) is 0.483. The molecule has 0 unspecified atom stereocenters. The normalized spacial score (nSPS) is 32.8. The molecule has 2 saturated carbocycles. The number of fused-ring (bicyclic) bond motifs is 1. The van der Waals surface area contributed by atoms with Crippen LogP contribution in [-0.2, 0) is 4.74 Å². The molecule has 6 nitrogen and oxygen atoms in total. The highest BCUT2D eigenvalue weighted by Crippen LogP contribution is 2.41. The number of hydrogen-bond donors (Lipinski definition) is 0. The minimum Gasteiger partial charge on any atom is -0.381 e. The summed E-state index contributed by atoms with van der Waals surface area (Å²) >= 11 is 0. The Hall–Kier alpha value is -1.40. The Kier molecular flexibility index (Phi) is 3.86. The van der Waals surface area contributed by atoms with Crippen molar-refractivity contribution >= 4 is 5.91 Å². The Morgan fingerprint density at radius 1 is 1.28 bits per heavy atom. The maximum atomic E-state index is 13.1. The summed E-state index contributed by atoms with van der Waals surface area (Å²) in [5.74, 6) is 2.70. The third-order valence-corrected chi connectivity index (χ3v) is 6.45. The molecule has 2 saturated heterocycles. The van der Waals surface area contributed by atoms with Crippen LogP contribution in [0.2, 0.25) is 0 Å². The van der Waals surface area contributed by atoms with Crippen LogP contribution in [0.5, 0.6) is 0 Å². The van der Waals surface area contributed by atoms with Gasteiger partial charge in [-0.3, -0.25) is 4.79 Å². The number of aromatic nitrogens is 1. The van der Waals surface area contributed by atoms with Crippen LogP contribution >= 0.6 is 0 Å². The van der Waals surface area contributed by atoms with Gasteiger partial charge in [-0.25, -0.2) is 0 Å². The second-order valence-corrected chi connectivity index (χ2v) is 8.34. The van der Waals surface area contributed by atoms with Gasteiger partial charge in [0, 0.05) is 51.2 Å². The quantitative estimate of drug-likeness (QED) is 0.818. The Balaban J connectivity index is 1.33. The first-order chi connectivity index (χ1) is 12.2. The molecule has 3 heterocycles. The van der Waals surface area contributed by atoms with Gasteiger partial charge in [-0.1, -0.05) is 5.16 Å². The SMILES string of the molecule is CO[C@@H]1CCN(C(=O)c2cc(C3CC3)on2)[C@H]2CN(CC3CC3)C[C@@H]12. The van der Waals surface area contributed by atoms with Crippen LogP contribution in [0, 0.1) is 11.8 Å². The number of rotatable bonds is 5. The molecule has 136 valence electrons. The third kappa shape index (κ3) is 2.99. The van der Waals surface area contributed by atoms with Crippen LogP contribution in [0.15, 0.2) is 10.6 Å². The van der Waals surface area contributed by atoms with Crippen molar-refractivity contribution in [2.75, 3.05) is 33.3 Å². The second-order valence-electron chi connectivity index (χ2n) is 8.34. The van der Waals surface area contributed by atoms with Gasteiger partial charge in [-0.05, 0) is 38.0 Å². The van der Waals surface area contributed by atoms with E-state index in [2.05, 4.69) is 10.1 Å². The number of likely N-dealkylation sites (tertiary alicyclic amines) is 2. The summed E-state index contributed by atoms with van der Waals surface area (Å²) in [6.07, 6.45) is 6.22. The number of piperidine rings is 1. The van der Waals surface area contributed by atoms with E-state index in [0.717, 1.165) is 50.6 Å². The number of ether oxygens (including phenoxy) is 1. The van der Waals surface area contributed by atoms with Crippen molar-refractivity contribution in [3.05, 3.63) is 17.5 Å². The number of amides is 1. The van der Waals surface area contributed by atoms with Crippen molar-refractivity contribution in [3.63, 3.8) is 0 Å². The molecule has 4 aliphatic rings. The lowest BCUT2D eigenvalue weighted by atomic mass is 9.88. The Bertz CT molecular complexity index is 652. The molecule has 3 atom stereocenters. The highest BCUT2D eigenvalue weighted by atomic mass is 16.5. The summed E-state index contributed by atoms with van der Waals surface area (Å²) in [6.45, 7) is 3.96. The first kappa shape index (κ1) is 15.8. The fourth-order valence-electron chi connectivity index (χ4n) is 4.69. The van der Waals surface area contributed by atoms with Gasteiger partial charge in [0.25, 0.3) is 5.91 Å². The molecule has 1 aromatic rings. The molecule has 1 aromatic heterocycles. The van der Waals surface area contributed by atoms with Crippen molar-refractivity contribution in [2.24, 2.45) is 11.8 Å². The molecular weight excluding hydrogens is 318 g/mol. The lowest BCUT2D eigenvalue weighted by Crippen LogP contribution is -2.53. The van der Waals surface area contributed by atoms with Crippen LogP contribution in [0.4, 0.5) is 0 Å². The monoisotopic (exact) mass is 345 g/mol. The van der Waals surface area contributed by atoms with E-state index in [9.17, 15) is 4.79 Å². The van der Waals surface area contributed by atoms with Gasteiger partial charge in [-0.15, -0.1) is 0 Å². The van der Waals surface area contributed by atoms with E-state index in [1.807, 2.05) is 18.1 Å². The zero-order chi connectivity index (χ0) is 17.0. The average Bonchev–Trinajstić information content (AvgIpc) is 3.54. The minimum absolute atomic E-state index is 0.0356. The predicted molar refractivity (Wildman–Crippen MR) is 91.4 cm³/mol. The van der Waals surface area contributed by atoms with Crippen LogP contribution < -0.4 is 0 Å². The standard InChI is InChI=1S/C19H27N3O3/c1-24-17-6-7-22(16-11-21(10-14(16)17)9-12-2-3-12)19(23)15-8-18(25-20-15)13-4-5-13/h8,12-14,16-17H,2-7,9-11H2,1H3/t14-,16+,17-/m1/s1. The molecule has 25 heavy (non-hydrogen) atoms. The summed E-state index contributed by atoms with van der Waals surface area (Å²) in [4.78, 5) is 17.7. The molecule has 0 N–H and O–H groups in total. The minimum atomic E-state index is 0.0356. The highest BCUT2D eigenvalue weighted by Gasteiger charge is 2.47. The van der Waals surface area contributed by atoms with Gasteiger partial charge < -0.3 is 19.1 Å². The van der Waals surface area contributed by atoms with Gasteiger partial charge in [0.15, 0.2) is 5.69 Å². The molecule has 0 radical (unpaired) electrons. The number of carbonyl (C=O) groups is 1. The van der Waals surface area contributed by atoms with Crippen LogP contribution in [-0.4, -0.2) is 66.3 Å². The van der Waals surface area contributed by atoms with E-state index in [4.69, 9.17) is 9.26 Å². The molecule has 0 bridgehead atoms. The zero-order valence-electron chi connectivity index (χ0n) is 14.9. The first-order valence-corrected chi connectivity index (χ1v) is 9.75. The Morgan fingerprint density at radius 3 is 2.84 bits per heavy atom. The van der Waals surface area contributed by atoms with Crippen molar-refractivity contribution in [2.45, 2.75) is 50.2 Å². The van der Waals surface area contributed by atoms with Crippen molar-refractivity contribution < 1.29 is 14.1 Å². The van der Waals surface area contributed by atoms with Crippen LogP contribution in [0.1, 0.15) is 54.3 Å². The molecular formula is C19H27N3O3. The van der Waals surface area contributed by atoms with Crippen molar-refractivity contribution in [3.8, 4) is 0 Å². The van der Waals surface area contributed by atoms with E-state index in [-0.39, 0.29) is 18.1 Å². The topological polar surface area (TPSA) is 58.8 Å². The molecule has 2 aliphatic heterocycles. The average molecular weight is 345 g/mol. The van der Waals surface area contributed by atoms with E-state index in [0.29, 0.717) is 17.5 Å². The van der Waals surface area contributed by atoms with Gasteiger partial charge in [0.05, 0.1) is 12.1 Å². The lowest BCUT2D eigenvalue weighted by molar-refractivity contribution is -0.0159. The maximum Gasteiger partial charge on any atom is 0.276 e. The highest BCUT2D eigenvalue weighted by molar-refractivity contribution is 5.92. The van der Waals surface area contributed by atoms with Crippen LogP contribution in [0.25, 0.3) is 0 Å². The van der Waals surface area contributed by atoms with Crippen LogP contribution in [0.3, 0.4) is 0 Å². The van der Waals surface area contributed by atoms with E-state index < -0.39 is 0 Å². The van der Waals surface area contributed by atoms with Crippen molar-refractivity contribution in [1.82, 2.24) is 15.0 Å². The molecule has 0 aromatic carbocycles. The molecule has 5 rings (SSSR count). The van der Waals surface area contributed by atoms with E-state index >= 15 is 0 Å². The summed E-state index contributed by atoms with van der Waals surface area (Å²) in [5, 5.41) is 4.07. The smallest absolute Gasteiger partial charge is 0.276 e. The summed E-state index contributed by atoms with van der Waals surface area (Å²) in [6, 6.07) is 2.11.